The Morgan fingerprint density at radius 2 is 1.92 bits per heavy atom. The van der Waals surface area contributed by atoms with Crippen molar-refractivity contribution in [3.63, 3.8) is 0 Å². The molecule has 4 atom stereocenters. The molecule has 0 aliphatic carbocycles. The van der Waals surface area contributed by atoms with E-state index in [-0.39, 0.29) is 126 Å². The summed E-state index contributed by atoms with van der Waals surface area (Å²) in [5.74, 6) is -2.42. The van der Waals surface area contributed by atoms with E-state index in [1.165, 1.54) is 36.5 Å². The number of nitrogens with one attached hydrogen (secondary N) is 1. The molecule has 0 unspecified atom stereocenters. The average Bonchev–Trinajstić information content (AvgIpc) is 3.76. The number of halogens is 4. The Kier molecular flexibility index (Phi) is 10.6. The van der Waals surface area contributed by atoms with Crippen molar-refractivity contribution in [3.05, 3.63) is 82.5 Å². The molecule has 5 aliphatic heterocycles. The number of pyridine rings is 1. The molecule has 3 fully saturated rings. The maximum atomic E-state index is 17.7. The molecule has 16 heteroatoms. The third-order valence-electron chi connectivity index (χ3n) is 12.7. The predicted molar refractivity (Wildman–Crippen MR) is 222 cm³/mol. The fraction of sp³-hybridized carbons (Fsp3) is 0.435. The van der Waals surface area contributed by atoms with Gasteiger partial charge in [-0.2, -0.15) is 15.2 Å². The van der Waals surface area contributed by atoms with E-state index >= 15 is 13.2 Å². The van der Waals surface area contributed by atoms with Gasteiger partial charge >= 0.3 is 18.1 Å². The van der Waals surface area contributed by atoms with Crippen LogP contribution in [0, 0.1) is 23.0 Å². The molecule has 10 rings (SSSR count). The third kappa shape index (κ3) is 7.50. The Morgan fingerprint density at radius 1 is 1.10 bits per heavy atom. The zero-order valence-corrected chi connectivity index (χ0v) is 34.6. The second-order valence-electron chi connectivity index (χ2n) is 17.5. The standard InChI is InChI=1S/C46H45F4N7O5/c1-25(2)31-8-4-7-27(19-51)37(31)42(58)62-30-15-26-10-11-35(49)32-9-5-14-60-44(59)55-45(3)17-28(47)21-56(23-45)41-34-20-52-39(33(16-30)36(26)32)38(50)40(34)53-43(54-41)61-24-46-12-6-13-57(46)22-29(48)18-46/h4,7-8,10-11,15-16,20,25,28-29H,5-6,9,12-14,17-18,21-24H2,1-3H3,(H,55,59)/t28-,29-,45-,46+/m1/s1. The van der Waals surface area contributed by atoms with Crippen LogP contribution in [0.2, 0.25) is 0 Å². The molecule has 2 aromatic heterocycles. The number of alkyl halides is 2. The highest BCUT2D eigenvalue weighted by Gasteiger charge is 2.49. The number of aromatic nitrogens is 3. The van der Waals surface area contributed by atoms with Crippen LogP contribution in [0.1, 0.15) is 85.8 Å². The SMILES string of the molecule is CC(C)c1cccc(C#N)c1C(=O)Oc1cc2c3c(c(F)ccc3c1)CCCOC(=O)N[C@]1(C)C[C@@H](F)CN(C1)c1nc(OC[C@@]34CCCN3C[C@H](F)C4)nc3c(F)c-2ncc13. The van der Waals surface area contributed by atoms with E-state index in [1.54, 1.807) is 24.0 Å². The molecular weight excluding hydrogens is 807 g/mol. The second kappa shape index (κ2) is 16.0. The summed E-state index contributed by atoms with van der Waals surface area (Å²) >= 11 is 0. The first-order valence-corrected chi connectivity index (χ1v) is 21.0. The van der Waals surface area contributed by atoms with Gasteiger partial charge in [0.25, 0.3) is 0 Å². The molecule has 0 spiro atoms. The monoisotopic (exact) mass is 851 g/mol. The summed E-state index contributed by atoms with van der Waals surface area (Å²) in [7, 11) is 0. The molecule has 6 bridgehead atoms. The van der Waals surface area contributed by atoms with Gasteiger partial charge in [-0.25, -0.2) is 27.2 Å². The lowest BCUT2D eigenvalue weighted by Gasteiger charge is -2.42. The van der Waals surface area contributed by atoms with E-state index in [0.29, 0.717) is 23.9 Å². The van der Waals surface area contributed by atoms with E-state index in [4.69, 9.17) is 19.2 Å². The molecule has 5 aromatic rings. The maximum absolute atomic E-state index is 17.7. The number of rotatable bonds is 6. The number of esters is 1. The molecule has 0 radical (unpaired) electrons. The number of hydrogen-bond donors (Lipinski definition) is 1. The summed E-state index contributed by atoms with van der Waals surface area (Å²) in [5.41, 5.74) is -1.19. The van der Waals surface area contributed by atoms with Crippen molar-refractivity contribution in [1.82, 2.24) is 25.2 Å². The summed E-state index contributed by atoms with van der Waals surface area (Å²) in [4.78, 5) is 44.7. The Labute approximate surface area is 355 Å². The predicted octanol–water partition coefficient (Wildman–Crippen LogP) is 8.27. The van der Waals surface area contributed by atoms with Gasteiger partial charge in [-0.15, -0.1) is 0 Å². The van der Waals surface area contributed by atoms with Crippen LogP contribution in [0.5, 0.6) is 11.8 Å². The van der Waals surface area contributed by atoms with Gasteiger partial charge in [0.15, 0.2) is 5.82 Å². The molecule has 1 amide bonds. The first-order chi connectivity index (χ1) is 29.7. The summed E-state index contributed by atoms with van der Waals surface area (Å²) in [5, 5.41) is 13.5. The van der Waals surface area contributed by atoms with E-state index in [9.17, 15) is 19.2 Å². The summed E-state index contributed by atoms with van der Waals surface area (Å²) < 4.78 is 82.0. The van der Waals surface area contributed by atoms with Crippen molar-refractivity contribution in [2.45, 2.75) is 88.6 Å². The highest BCUT2D eigenvalue weighted by atomic mass is 19.1. The normalized spacial score (nSPS) is 23.9. The van der Waals surface area contributed by atoms with Gasteiger partial charge in [0, 0.05) is 37.7 Å². The lowest BCUT2D eigenvalue weighted by molar-refractivity contribution is 0.0733. The van der Waals surface area contributed by atoms with Gasteiger partial charge in [-0.3, -0.25) is 9.88 Å². The molecule has 3 aromatic carbocycles. The fourth-order valence-electron chi connectivity index (χ4n) is 9.96. The Bertz CT molecular complexity index is 2680. The molecule has 62 heavy (non-hydrogen) atoms. The van der Waals surface area contributed by atoms with Crippen LogP contribution in [0.15, 0.2) is 48.7 Å². The lowest BCUT2D eigenvalue weighted by atomic mass is 9.90. The van der Waals surface area contributed by atoms with E-state index in [1.807, 2.05) is 13.8 Å². The van der Waals surface area contributed by atoms with Gasteiger partial charge in [0.05, 0.1) is 40.7 Å². The summed E-state index contributed by atoms with van der Waals surface area (Å²) in [6, 6.07) is 12.4. The van der Waals surface area contributed by atoms with Gasteiger partial charge in [0.2, 0.25) is 0 Å². The Hall–Kier alpha value is -6.08. The zero-order valence-electron chi connectivity index (χ0n) is 34.6. The quantitative estimate of drug-likeness (QED) is 0.100. The third-order valence-corrected chi connectivity index (χ3v) is 12.7. The zero-order chi connectivity index (χ0) is 43.5. The van der Waals surface area contributed by atoms with E-state index < -0.39 is 47.1 Å². The lowest BCUT2D eigenvalue weighted by Crippen LogP contribution is -2.60. The highest BCUT2D eigenvalue weighted by Crippen LogP contribution is 2.43. The number of hydrogen-bond acceptors (Lipinski definition) is 11. The van der Waals surface area contributed by atoms with Crippen LogP contribution in [-0.4, -0.2) is 94.7 Å². The first-order valence-electron chi connectivity index (χ1n) is 21.0. The van der Waals surface area contributed by atoms with Crippen molar-refractivity contribution in [1.29, 1.82) is 5.26 Å². The number of nitriles is 1. The fourth-order valence-corrected chi connectivity index (χ4v) is 9.96. The van der Waals surface area contributed by atoms with Gasteiger partial charge in [-0.05, 0) is 91.2 Å². The molecule has 5 aliphatic rings. The van der Waals surface area contributed by atoms with E-state index in [0.717, 1.165) is 6.42 Å². The minimum Gasteiger partial charge on any atom is -0.461 e. The van der Waals surface area contributed by atoms with Crippen molar-refractivity contribution >= 4 is 39.6 Å². The van der Waals surface area contributed by atoms with Crippen LogP contribution in [0.3, 0.4) is 0 Å². The van der Waals surface area contributed by atoms with Gasteiger partial charge < -0.3 is 24.4 Å². The van der Waals surface area contributed by atoms with Gasteiger partial charge in [-0.1, -0.05) is 32.0 Å². The maximum Gasteiger partial charge on any atom is 0.407 e. The van der Waals surface area contributed by atoms with Crippen molar-refractivity contribution in [2.75, 3.05) is 44.3 Å². The smallest absolute Gasteiger partial charge is 0.407 e. The number of fused-ring (bicyclic) bond motifs is 7. The van der Waals surface area contributed by atoms with Crippen molar-refractivity contribution in [3.8, 4) is 29.1 Å². The van der Waals surface area contributed by atoms with Crippen LogP contribution < -0.4 is 19.7 Å². The number of carbonyl (C=O) groups is 2. The number of carbonyl (C=O) groups excluding carboxylic acids is 2. The number of amides is 1. The number of anilines is 1. The number of aryl methyl sites for hydroxylation is 1. The first kappa shape index (κ1) is 41.3. The largest absolute Gasteiger partial charge is 0.461 e. The second-order valence-corrected chi connectivity index (χ2v) is 17.5. The number of benzene rings is 3. The molecule has 322 valence electrons. The van der Waals surface area contributed by atoms with Crippen LogP contribution in [0.25, 0.3) is 32.9 Å². The topological polar surface area (TPSA) is 143 Å². The highest BCUT2D eigenvalue weighted by molar-refractivity contribution is 6.03. The van der Waals surface area contributed by atoms with Crippen LogP contribution in [-0.2, 0) is 11.2 Å². The van der Waals surface area contributed by atoms with Crippen LogP contribution >= 0.6 is 0 Å². The molecule has 0 saturated carbocycles. The molecule has 12 nitrogen and oxygen atoms in total. The Balaban J connectivity index is 1.23. The number of piperidine rings is 1. The number of ether oxygens (including phenoxy) is 3. The molecule has 3 saturated heterocycles. The van der Waals surface area contributed by atoms with E-state index in [2.05, 4.69) is 26.3 Å². The van der Waals surface area contributed by atoms with Gasteiger partial charge in [0.1, 0.15) is 53.6 Å². The molecule has 1 N–H and O–H groups in total. The molecular formula is C46H45F4N7O5. The number of nitrogens with zero attached hydrogens (tertiary/aromatic N) is 6. The van der Waals surface area contributed by atoms with Crippen molar-refractivity contribution < 1.29 is 41.4 Å². The average molecular weight is 852 g/mol. The minimum atomic E-state index is -1.44. The summed E-state index contributed by atoms with van der Waals surface area (Å²) in [6.07, 6.45) is 0.0896. The van der Waals surface area contributed by atoms with Crippen LogP contribution in [0.4, 0.5) is 28.2 Å². The minimum absolute atomic E-state index is 0.0261. The summed E-state index contributed by atoms with van der Waals surface area (Å²) in [6.45, 7) is 6.26. The Morgan fingerprint density at radius 3 is 2.73 bits per heavy atom. The van der Waals surface area contributed by atoms with Crippen molar-refractivity contribution in [2.24, 2.45) is 0 Å². The molecule has 7 heterocycles. The number of alkyl carbamates (subject to hydrolysis) is 1.